The van der Waals surface area contributed by atoms with Crippen LogP contribution in [0.25, 0.3) is 0 Å². The van der Waals surface area contributed by atoms with E-state index in [1.165, 1.54) is 12.3 Å². The Morgan fingerprint density at radius 1 is 1.46 bits per heavy atom. The zero-order valence-corrected chi connectivity index (χ0v) is 10.2. The molecule has 1 aliphatic heterocycles. The maximum Gasteiger partial charge on any atom is 0.0594 e. The van der Waals surface area contributed by atoms with Gasteiger partial charge in [0.25, 0.3) is 0 Å². The summed E-state index contributed by atoms with van der Waals surface area (Å²) in [7, 11) is 0. The third kappa shape index (κ3) is 5.73. The van der Waals surface area contributed by atoms with Gasteiger partial charge in [-0.05, 0) is 4.48 Å². The molecule has 0 N–H and O–H groups in total. The number of nitrogens with zero attached hydrogens (tertiary/aromatic N) is 1. The second-order valence-corrected chi connectivity index (χ2v) is 5.25. The molecule has 0 aliphatic carbocycles. The Labute approximate surface area is 92.8 Å². The molecule has 2 nitrogen and oxygen atoms in total. The van der Waals surface area contributed by atoms with E-state index in [1.807, 2.05) is 11.8 Å². The molecule has 1 fully saturated rings. The smallest absolute Gasteiger partial charge is 0.0594 e. The first kappa shape index (κ1) is 11.6. The molecule has 0 aromatic carbocycles. The van der Waals surface area contributed by atoms with Crippen molar-refractivity contribution in [3.8, 4) is 0 Å². The van der Waals surface area contributed by atoms with Crippen LogP contribution >= 0.6 is 27.7 Å². The second-order valence-electron chi connectivity index (χ2n) is 3.02. The molecule has 1 saturated heterocycles. The number of rotatable bonds is 5. The van der Waals surface area contributed by atoms with Crippen LogP contribution in [0.15, 0.2) is 11.1 Å². The fourth-order valence-electron chi connectivity index (χ4n) is 1.20. The van der Waals surface area contributed by atoms with E-state index < -0.39 is 0 Å². The zero-order valence-electron chi connectivity index (χ0n) is 7.80. The number of halogens is 1. The van der Waals surface area contributed by atoms with E-state index in [2.05, 4.69) is 27.4 Å². The molecule has 0 amide bonds. The van der Waals surface area contributed by atoms with Crippen molar-refractivity contribution in [2.24, 2.45) is 0 Å². The highest BCUT2D eigenvalue weighted by atomic mass is 79.9. The van der Waals surface area contributed by atoms with Crippen LogP contribution in [0.1, 0.15) is 0 Å². The van der Waals surface area contributed by atoms with Crippen LogP contribution in [0.2, 0.25) is 0 Å². The Morgan fingerprint density at radius 3 is 2.77 bits per heavy atom. The van der Waals surface area contributed by atoms with E-state index in [0.29, 0.717) is 0 Å². The molecule has 0 atom stereocenters. The third-order valence-electron chi connectivity index (χ3n) is 1.91. The van der Waals surface area contributed by atoms with Gasteiger partial charge in [-0.25, -0.2) is 0 Å². The van der Waals surface area contributed by atoms with Gasteiger partial charge in [-0.15, -0.1) is 0 Å². The maximum absolute atomic E-state index is 5.27. The largest absolute Gasteiger partial charge is 0.379 e. The Hall–Kier alpha value is 0.490. The highest BCUT2D eigenvalue weighted by molar-refractivity contribution is 9.11. The van der Waals surface area contributed by atoms with Crippen molar-refractivity contribution in [3.63, 3.8) is 0 Å². The lowest BCUT2D eigenvalue weighted by Gasteiger charge is -2.26. The van der Waals surface area contributed by atoms with Gasteiger partial charge < -0.3 is 4.74 Å². The zero-order chi connectivity index (χ0) is 9.52. The van der Waals surface area contributed by atoms with E-state index in [9.17, 15) is 0 Å². The standard InChI is InChI=1S/C9H16BrNOS/c1-9(10)8-13-7-4-11-2-5-12-6-3-11/h1-8H2. The highest BCUT2D eigenvalue weighted by Crippen LogP contribution is 2.11. The first-order chi connectivity index (χ1) is 6.29. The lowest BCUT2D eigenvalue weighted by atomic mass is 10.4. The van der Waals surface area contributed by atoms with Crippen molar-refractivity contribution >= 4 is 27.7 Å². The Balaban J connectivity index is 1.95. The topological polar surface area (TPSA) is 12.5 Å². The first-order valence-electron chi connectivity index (χ1n) is 4.50. The lowest BCUT2D eigenvalue weighted by Crippen LogP contribution is -2.37. The van der Waals surface area contributed by atoms with Crippen molar-refractivity contribution in [2.75, 3.05) is 44.4 Å². The van der Waals surface area contributed by atoms with Crippen molar-refractivity contribution in [1.29, 1.82) is 0 Å². The van der Waals surface area contributed by atoms with Crippen LogP contribution in [-0.2, 0) is 4.74 Å². The molecule has 76 valence electrons. The molecule has 1 rings (SSSR count). The van der Waals surface area contributed by atoms with Gasteiger partial charge in [-0.1, -0.05) is 22.5 Å². The van der Waals surface area contributed by atoms with Crippen molar-refractivity contribution in [3.05, 3.63) is 11.1 Å². The van der Waals surface area contributed by atoms with E-state index in [-0.39, 0.29) is 0 Å². The summed E-state index contributed by atoms with van der Waals surface area (Å²) in [5.74, 6) is 2.20. The molecule has 1 aliphatic rings. The molecular formula is C9H16BrNOS. The Kier molecular flexibility index (Phi) is 6.11. The number of ether oxygens (including phenoxy) is 1. The van der Waals surface area contributed by atoms with Gasteiger partial charge in [0.1, 0.15) is 0 Å². The molecule has 13 heavy (non-hydrogen) atoms. The summed E-state index contributed by atoms with van der Waals surface area (Å²) in [4.78, 5) is 2.45. The minimum absolute atomic E-state index is 0.899. The van der Waals surface area contributed by atoms with E-state index in [1.54, 1.807) is 0 Å². The van der Waals surface area contributed by atoms with Crippen molar-refractivity contribution in [2.45, 2.75) is 0 Å². The molecule has 0 radical (unpaired) electrons. The van der Waals surface area contributed by atoms with Crippen LogP contribution in [0.4, 0.5) is 0 Å². The Morgan fingerprint density at radius 2 is 2.15 bits per heavy atom. The molecule has 0 aromatic rings. The number of morpholine rings is 1. The third-order valence-corrected chi connectivity index (χ3v) is 3.59. The van der Waals surface area contributed by atoms with Gasteiger partial charge in [0, 0.05) is 31.1 Å². The second kappa shape index (κ2) is 6.87. The van der Waals surface area contributed by atoms with Crippen molar-refractivity contribution < 1.29 is 4.74 Å². The van der Waals surface area contributed by atoms with Gasteiger partial charge in [-0.3, -0.25) is 4.90 Å². The summed E-state index contributed by atoms with van der Waals surface area (Å²) >= 11 is 5.28. The molecule has 0 bridgehead atoms. The van der Waals surface area contributed by atoms with Gasteiger partial charge >= 0.3 is 0 Å². The molecule has 0 aromatic heterocycles. The highest BCUT2D eigenvalue weighted by Gasteiger charge is 2.08. The minimum Gasteiger partial charge on any atom is -0.379 e. The minimum atomic E-state index is 0.899. The van der Waals surface area contributed by atoms with Gasteiger partial charge in [0.05, 0.1) is 13.2 Å². The fraction of sp³-hybridized carbons (Fsp3) is 0.778. The summed E-state index contributed by atoms with van der Waals surface area (Å²) in [6, 6.07) is 0. The summed E-state index contributed by atoms with van der Waals surface area (Å²) in [5.41, 5.74) is 0. The summed E-state index contributed by atoms with van der Waals surface area (Å²) in [5, 5.41) is 0. The van der Waals surface area contributed by atoms with Crippen LogP contribution in [0, 0.1) is 0 Å². The predicted molar refractivity (Wildman–Crippen MR) is 62.7 cm³/mol. The number of hydrogen-bond donors (Lipinski definition) is 0. The SMILES string of the molecule is C=C(Br)CSCCN1CCOCC1. The first-order valence-corrected chi connectivity index (χ1v) is 6.45. The van der Waals surface area contributed by atoms with Crippen LogP contribution in [0.3, 0.4) is 0 Å². The van der Waals surface area contributed by atoms with E-state index in [0.717, 1.165) is 36.5 Å². The van der Waals surface area contributed by atoms with Gasteiger partial charge in [-0.2, -0.15) is 11.8 Å². The predicted octanol–water partition coefficient (Wildman–Crippen LogP) is 1.96. The lowest BCUT2D eigenvalue weighted by molar-refractivity contribution is 0.0410. The summed E-state index contributed by atoms with van der Waals surface area (Å²) in [6.07, 6.45) is 0. The molecule has 0 unspecified atom stereocenters. The Bertz CT molecular complexity index is 160. The average molecular weight is 266 g/mol. The van der Waals surface area contributed by atoms with Crippen molar-refractivity contribution in [1.82, 2.24) is 4.90 Å². The van der Waals surface area contributed by atoms with E-state index >= 15 is 0 Å². The molecule has 1 heterocycles. The molecule has 0 saturated carbocycles. The van der Waals surface area contributed by atoms with Crippen LogP contribution in [0.5, 0.6) is 0 Å². The number of hydrogen-bond acceptors (Lipinski definition) is 3. The summed E-state index contributed by atoms with van der Waals surface area (Å²) in [6.45, 7) is 8.96. The fourth-order valence-corrected chi connectivity index (χ4v) is 2.44. The van der Waals surface area contributed by atoms with Crippen LogP contribution < -0.4 is 0 Å². The quantitative estimate of drug-likeness (QED) is 0.706. The van der Waals surface area contributed by atoms with Gasteiger partial charge in [0.2, 0.25) is 0 Å². The van der Waals surface area contributed by atoms with Crippen LogP contribution in [-0.4, -0.2) is 49.3 Å². The monoisotopic (exact) mass is 265 g/mol. The number of thioether (sulfide) groups is 1. The van der Waals surface area contributed by atoms with E-state index in [4.69, 9.17) is 4.74 Å². The molecule has 4 heteroatoms. The molecule has 0 spiro atoms. The summed E-state index contributed by atoms with van der Waals surface area (Å²) < 4.78 is 6.36. The normalized spacial score (nSPS) is 18.8. The molecular weight excluding hydrogens is 250 g/mol. The average Bonchev–Trinajstić information content (AvgIpc) is 2.14. The van der Waals surface area contributed by atoms with Gasteiger partial charge in [0.15, 0.2) is 0 Å². The maximum atomic E-state index is 5.27.